The zero-order valence-electron chi connectivity index (χ0n) is 13.3. The van der Waals surface area contributed by atoms with Crippen molar-refractivity contribution in [1.82, 2.24) is 4.98 Å². The Labute approximate surface area is 133 Å². The van der Waals surface area contributed by atoms with Gasteiger partial charge in [0.15, 0.2) is 5.58 Å². The average Bonchev–Trinajstić information content (AvgIpc) is 2.99. The first-order chi connectivity index (χ1) is 11.0. The molecule has 1 aromatic heterocycles. The van der Waals surface area contributed by atoms with Crippen molar-refractivity contribution in [2.45, 2.75) is 32.3 Å². The van der Waals surface area contributed by atoms with Crippen molar-refractivity contribution in [3.05, 3.63) is 35.7 Å². The normalized spacial score (nSPS) is 16.1. The molecule has 0 unspecified atom stereocenters. The van der Waals surface area contributed by atoms with Gasteiger partial charge in [-0.3, -0.25) is 0 Å². The zero-order chi connectivity index (χ0) is 16.2. The molecule has 0 N–H and O–H groups in total. The van der Waals surface area contributed by atoms with Gasteiger partial charge in [-0.25, -0.2) is 9.78 Å². The van der Waals surface area contributed by atoms with Crippen LogP contribution in [0, 0.1) is 0 Å². The number of aryl methyl sites for hydroxylation is 1. The van der Waals surface area contributed by atoms with E-state index in [4.69, 9.17) is 13.9 Å². The molecule has 1 aliphatic heterocycles. The fourth-order valence-electron chi connectivity index (χ4n) is 3.13. The predicted molar refractivity (Wildman–Crippen MR) is 85.9 cm³/mol. The molecule has 0 atom stereocenters. The maximum Gasteiger partial charge on any atom is 0.394 e. The van der Waals surface area contributed by atoms with Gasteiger partial charge in [0.2, 0.25) is 0 Å². The summed E-state index contributed by atoms with van der Waals surface area (Å²) in [6, 6.07) is 7.89. The lowest BCUT2D eigenvalue weighted by Crippen LogP contribution is -2.32. The summed E-state index contributed by atoms with van der Waals surface area (Å²) in [5, 5.41) is 1.91. The first kappa shape index (κ1) is 14.1. The van der Waals surface area contributed by atoms with E-state index in [0.717, 1.165) is 34.9 Å². The molecule has 0 saturated heterocycles. The number of ether oxygens (including phenoxy) is 2. The maximum atomic E-state index is 11.8. The molecular weight excluding hydrogens is 294 g/mol. The molecular formula is C18H17NO4. The Morgan fingerprint density at radius 3 is 2.74 bits per heavy atom. The molecule has 1 aliphatic rings. The molecule has 0 saturated carbocycles. The van der Waals surface area contributed by atoms with Crippen LogP contribution in [0.2, 0.25) is 0 Å². The van der Waals surface area contributed by atoms with E-state index in [9.17, 15) is 4.79 Å². The standard InChI is InChI=1S/C18H17NO4/c1-18(2)9-8-12-14(23-18)11-7-5-4-6-10(11)13-15(12)22-16(19-13)17(20)21-3/h4-7H,8-9H2,1-3H3. The Hall–Kier alpha value is -2.56. The minimum absolute atomic E-state index is 0.0223. The van der Waals surface area contributed by atoms with Gasteiger partial charge in [-0.1, -0.05) is 24.3 Å². The van der Waals surface area contributed by atoms with Crippen LogP contribution in [0.5, 0.6) is 5.75 Å². The summed E-state index contributed by atoms with van der Waals surface area (Å²) in [6.07, 6.45) is 1.70. The summed E-state index contributed by atoms with van der Waals surface area (Å²) in [4.78, 5) is 16.1. The number of benzene rings is 2. The SMILES string of the molecule is COC(=O)c1nc2c(o1)c1c(c3ccccc32)OC(C)(C)CC1. The molecule has 3 aromatic rings. The molecule has 2 heterocycles. The van der Waals surface area contributed by atoms with Gasteiger partial charge < -0.3 is 13.9 Å². The zero-order valence-corrected chi connectivity index (χ0v) is 13.3. The van der Waals surface area contributed by atoms with E-state index in [-0.39, 0.29) is 11.5 Å². The van der Waals surface area contributed by atoms with E-state index in [1.165, 1.54) is 7.11 Å². The highest BCUT2D eigenvalue weighted by Gasteiger charge is 2.32. The minimum atomic E-state index is -0.573. The van der Waals surface area contributed by atoms with Crippen LogP contribution in [0.1, 0.15) is 36.5 Å². The average molecular weight is 311 g/mol. The van der Waals surface area contributed by atoms with Crippen LogP contribution in [0.25, 0.3) is 21.9 Å². The molecule has 4 rings (SSSR count). The van der Waals surface area contributed by atoms with E-state index >= 15 is 0 Å². The second-order valence-corrected chi connectivity index (χ2v) is 6.40. The molecule has 5 nitrogen and oxygen atoms in total. The third kappa shape index (κ3) is 2.07. The van der Waals surface area contributed by atoms with Gasteiger partial charge in [0, 0.05) is 16.3 Å². The number of esters is 1. The summed E-state index contributed by atoms with van der Waals surface area (Å²) in [5.74, 6) is 0.235. The van der Waals surface area contributed by atoms with Crippen LogP contribution in [-0.4, -0.2) is 23.7 Å². The molecule has 23 heavy (non-hydrogen) atoms. The van der Waals surface area contributed by atoms with Crippen molar-refractivity contribution in [2.75, 3.05) is 7.11 Å². The van der Waals surface area contributed by atoms with Crippen molar-refractivity contribution >= 4 is 27.8 Å². The number of rotatable bonds is 1. The van der Waals surface area contributed by atoms with Crippen LogP contribution in [0.3, 0.4) is 0 Å². The lowest BCUT2D eigenvalue weighted by atomic mass is 9.91. The van der Waals surface area contributed by atoms with Crippen LogP contribution >= 0.6 is 0 Å². The third-order valence-electron chi connectivity index (χ3n) is 4.32. The number of carbonyl (C=O) groups excluding carboxylic acids is 1. The molecule has 118 valence electrons. The number of aromatic nitrogens is 1. The highest BCUT2D eigenvalue weighted by molar-refractivity contribution is 6.09. The number of nitrogens with zero attached hydrogens (tertiary/aromatic N) is 1. The van der Waals surface area contributed by atoms with Crippen LogP contribution in [0.15, 0.2) is 28.7 Å². The van der Waals surface area contributed by atoms with E-state index in [0.29, 0.717) is 11.1 Å². The highest BCUT2D eigenvalue weighted by atomic mass is 16.5. The molecule has 0 fully saturated rings. The highest BCUT2D eigenvalue weighted by Crippen LogP contribution is 2.44. The molecule has 0 spiro atoms. The van der Waals surface area contributed by atoms with Gasteiger partial charge in [0.05, 0.1) is 7.11 Å². The Morgan fingerprint density at radius 1 is 1.26 bits per heavy atom. The number of fused-ring (bicyclic) bond motifs is 6. The lowest BCUT2D eigenvalue weighted by molar-refractivity contribution is 0.0557. The number of hydrogen-bond acceptors (Lipinski definition) is 5. The van der Waals surface area contributed by atoms with Gasteiger partial charge in [-0.05, 0) is 26.7 Å². The lowest BCUT2D eigenvalue weighted by Gasteiger charge is -2.33. The molecule has 0 amide bonds. The minimum Gasteiger partial charge on any atom is -0.487 e. The molecule has 5 heteroatoms. The molecule has 0 radical (unpaired) electrons. The fourth-order valence-corrected chi connectivity index (χ4v) is 3.13. The fraction of sp³-hybridized carbons (Fsp3) is 0.333. The summed E-state index contributed by atoms with van der Waals surface area (Å²) >= 11 is 0. The Kier molecular flexibility index (Phi) is 2.88. The molecule has 0 aliphatic carbocycles. The van der Waals surface area contributed by atoms with Crippen LogP contribution in [-0.2, 0) is 11.2 Å². The third-order valence-corrected chi connectivity index (χ3v) is 4.32. The van der Waals surface area contributed by atoms with Gasteiger partial charge in [-0.15, -0.1) is 0 Å². The van der Waals surface area contributed by atoms with Gasteiger partial charge in [0.1, 0.15) is 16.9 Å². The van der Waals surface area contributed by atoms with E-state index in [1.807, 2.05) is 24.3 Å². The van der Waals surface area contributed by atoms with Gasteiger partial charge in [-0.2, -0.15) is 0 Å². The van der Waals surface area contributed by atoms with Crippen molar-refractivity contribution < 1.29 is 18.7 Å². The number of carbonyl (C=O) groups is 1. The predicted octanol–water partition coefficient (Wildman–Crippen LogP) is 3.87. The van der Waals surface area contributed by atoms with E-state index < -0.39 is 5.97 Å². The summed E-state index contributed by atoms with van der Waals surface area (Å²) in [7, 11) is 1.32. The first-order valence-electron chi connectivity index (χ1n) is 7.61. The number of oxazole rings is 1. The van der Waals surface area contributed by atoms with Gasteiger partial charge >= 0.3 is 11.9 Å². The second-order valence-electron chi connectivity index (χ2n) is 6.40. The topological polar surface area (TPSA) is 61.6 Å². The Morgan fingerprint density at radius 2 is 2.00 bits per heavy atom. The number of hydrogen-bond donors (Lipinski definition) is 0. The summed E-state index contributed by atoms with van der Waals surface area (Å²) in [6.45, 7) is 4.16. The smallest absolute Gasteiger partial charge is 0.394 e. The van der Waals surface area contributed by atoms with Crippen molar-refractivity contribution in [3.8, 4) is 5.75 Å². The quantitative estimate of drug-likeness (QED) is 0.638. The summed E-state index contributed by atoms with van der Waals surface area (Å²) in [5.41, 5.74) is 2.05. The van der Waals surface area contributed by atoms with Crippen molar-refractivity contribution in [2.24, 2.45) is 0 Å². The summed E-state index contributed by atoms with van der Waals surface area (Å²) < 4.78 is 16.7. The van der Waals surface area contributed by atoms with Crippen molar-refractivity contribution in [1.29, 1.82) is 0 Å². The van der Waals surface area contributed by atoms with E-state index in [1.54, 1.807) is 0 Å². The van der Waals surface area contributed by atoms with E-state index in [2.05, 4.69) is 18.8 Å². The van der Waals surface area contributed by atoms with Crippen molar-refractivity contribution in [3.63, 3.8) is 0 Å². The molecule has 2 aromatic carbocycles. The molecule has 0 bridgehead atoms. The van der Waals surface area contributed by atoms with Crippen LogP contribution < -0.4 is 4.74 Å². The number of methoxy groups -OCH3 is 1. The Balaban J connectivity index is 2.10. The Bertz CT molecular complexity index is 939. The largest absolute Gasteiger partial charge is 0.487 e. The second kappa shape index (κ2) is 4.72. The monoisotopic (exact) mass is 311 g/mol. The maximum absolute atomic E-state index is 11.8. The van der Waals surface area contributed by atoms with Crippen LogP contribution in [0.4, 0.5) is 0 Å². The first-order valence-corrected chi connectivity index (χ1v) is 7.61. The van der Waals surface area contributed by atoms with Gasteiger partial charge in [0.25, 0.3) is 0 Å².